The molecule has 0 spiro atoms. The third-order valence-corrected chi connectivity index (χ3v) is 5.01. The van der Waals surface area contributed by atoms with Crippen LogP contribution in [0.2, 0.25) is 0 Å². The van der Waals surface area contributed by atoms with E-state index in [0.717, 1.165) is 22.4 Å². The summed E-state index contributed by atoms with van der Waals surface area (Å²) in [6, 6.07) is 10.9. The first-order chi connectivity index (χ1) is 9.83. The SMILES string of the molecule is CNc1cc(C)c(S(=O)(=O)Nc2ccc(C)cc2)c(C)c1. The van der Waals surface area contributed by atoms with E-state index in [9.17, 15) is 8.42 Å². The molecule has 0 atom stereocenters. The highest BCUT2D eigenvalue weighted by Gasteiger charge is 2.20. The van der Waals surface area contributed by atoms with Gasteiger partial charge in [0, 0.05) is 18.4 Å². The van der Waals surface area contributed by atoms with Crippen molar-refractivity contribution in [1.82, 2.24) is 0 Å². The molecular formula is C16H20N2O2S. The molecule has 0 fully saturated rings. The summed E-state index contributed by atoms with van der Waals surface area (Å²) < 4.78 is 27.8. The molecule has 2 rings (SSSR count). The fourth-order valence-corrected chi connectivity index (χ4v) is 3.86. The van der Waals surface area contributed by atoms with Crippen LogP contribution in [0.5, 0.6) is 0 Å². The van der Waals surface area contributed by atoms with Gasteiger partial charge in [-0.05, 0) is 56.2 Å². The van der Waals surface area contributed by atoms with Gasteiger partial charge >= 0.3 is 0 Å². The molecule has 0 unspecified atom stereocenters. The Morgan fingerprint density at radius 3 is 1.86 bits per heavy atom. The van der Waals surface area contributed by atoms with E-state index in [0.29, 0.717) is 10.6 Å². The molecule has 0 aliphatic rings. The van der Waals surface area contributed by atoms with Crippen molar-refractivity contribution < 1.29 is 8.42 Å². The Kier molecular flexibility index (Phi) is 4.23. The predicted octanol–water partition coefficient (Wildman–Crippen LogP) is 3.45. The highest BCUT2D eigenvalue weighted by atomic mass is 32.2. The maximum absolute atomic E-state index is 12.6. The van der Waals surface area contributed by atoms with Crippen LogP contribution in [0.15, 0.2) is 41.3 Å². The van der Waals surface area contributed by atoms with Crippen LogP contribution >= 0.6 is 0 Å². The number of rotatable bonds is 4. The minimum absolute atomic E-state index is 0.335. The summed E-state index contributed by atoms with van der Waals surface area (Å²) in [5, 5.41) is 3.03. The highest BCUT2D eigenvalue weighted by molar-refractivity contribution is 7.92. The fourth-order valence-electron chi connectivity index (χ4n) is 2.35. The number of anilines is 2. The fraction of sp³-hybridized carbons (Fsp3) is 0.250. The van der Waals surface area contributed by atoms with Crippen LogP contribution in [-0.4, -0.2) is 15.5 Å². The lowest BCUT2D eigenvalue weighted by Gasteiger charge is -2.14. The first-order valence-electron chi connectivity index (χ1n) is 6.72. The Bertz CT molecular complexity index is 727. The number of aryl methyl sites for hydroxylation is 3. The summed E-state index contributed by atoms with van der Waals surface area (Å²) in [7, 11) is -1.78. The van der Waals surface area contributed by atoms with Crippen LogP contribution in [0.25, 0.3) is 0 Å². The first-order valence-corrected chi connectivity index (χ1v) is 8.20. The number of hydrogen-bond acceptors (Lipinski definition) is 3. The Morgan fingerprint density at radius 2 is 1.38 bits per heavy atom. The van der Waals surface area contributed by atoms with Gasteiger partial charge in [0.2, 0.25) is 0 Å². The average molecular weight is 304 g/mol. The third-order valence-electron chi connectivity index (χ3n) is 3.32. The molecule has 2 N–H and O–H groups in total. The molecule has 0 saturated heterocycles. The molecule has 0 saturated carbocycles. The van der Waals surface area contributed by atoms with Gasteiger partial charge in [-0.25, -0.2) is 8.42 Å². The largest absolute Gasteiger partial charge is 0.388 e. The Balaban J connectivity index is 2.42. The van der Waals surface area contributed by atoms with Crippen LogP contribution in [0, 0.1) is 20.8 Å². The van der Waals surface area contributed by atoms with E-state index in [4.69, 9.17) is 0 Å². The normalized spacial score (nSPS) is 11.2. The summed E-state index contributed by atoms with van der Waals surface area (Å²) in [6.07, 6.45) is 0. The minimum atomic E-state index is -3.59. The van der Waals surface area contributed by atoms with E-state index in [-0.39, 0.29) is 0 Å². The topological polar surface area (TPSA) is 58.2 Å². The van der Waals surface area contributed by atoms with E-state index >= 15 is 0 Å². The molecule has 4 nitrogen and oxygen atoms in total. The molecule has 0 aromatic heterocycles. The number of sulfonamides is 1. The zero-order valence-corrected chi connectivity index (χ0v) is 13.5. The van der Waals surface area contributed by atoms with Crippen molar-refractivity contribution in [2.45, 2.75) is 25.7 Å². The molecule has 0 aliphatic carbocycles. The molecular weight excluding hydrogens is 284 g/mol. The molecule has 2 aromatic rings. The van der Waals surface area contributed by atoms with E-state index < -0.39 is 10.0 Å². The Hall–Kier alpha value is -2.01. The van der Waals surface area contributed by atoms with Crippen molar-refractivity contribution in [2.24, 2.45) is 0 Å². The summed E-state index contributed by atoms with van der Waals surface area (Å²) >= 11 is 0. The number of benzene rings is 2. The van der Waals surface area contributed by atoms with Crippen molar-refractivity contribution in [1.29, 1.82) is 0 Å². The third kappa shape index (κ3) is 3.36. The molecule has 0 aliphatic heterocycles. The molecule has 0 radical (unpaired) electrons. The average Bonchev–Trinajstić information content (AvgIpc) is 2.39. The smallest absolute Gasteiger partial charge is 0.262 e. The van der Waals surface area contributed by atoms with Crippen LogP contribution in [-0.2, 0) is 10.0 Å². The van der Waals surface area contributed by atoms with E-state index in [1.54, 1.807) is 26.0 Å². The van der Waals surface area contributed by atoms with E-state index in [1.807, 2.05) is 38.2 Å². The summed E-state index contributed by atoms with van der Waals surface area (Å²) in [6.45, 7) is 5.57. The molecule has 0 bridgehead atoms. The molecule has 0 heterocycles. The van der Waals surface area contributed by atoms with Crippen LogP contribution in [0.1, 0.15) is 16.7 Å². The number of hydrogen-bond donors (Lipinski definition) is 2. The Morgan fingerprint density at radius 1 is 0.857 bits per heavy atom. The van der Waals surface area contributed by atoms with Gasteiger partial charge in [-0.15, -0.1) is 0 Å². The van der Waals surface area contributed by atoms with Gasteiger partial charge in [-0.2, -0.15) is 0 Å². The maximum atomic E-state index is 12.6. The van der Waals surface area contributed by atoms with Gasteiger partial charge in [0.05, 0.1) is 4.90 Å². The van der Waals surface area contributed by atoms with Crippen LogP contribution < -0.4 is 10.0 Å². The number of nitrogens with one attached hydrogen (secondary N) is 2. The van der Waals surface area contributed by atoms with Crippen molar-refractivity contribution in [3.63, 3.8) is 0 Å². The van der Waals surface area contributed by atoms with Crippen molar-refractivity contribution >= 4 is 21.4 Å². The van der Waals surface area contributed by atoms with Gasteiger partial charge < -0.3 is 5.32 Å². The highest BCUT2D eigenvalue weighted by Crippen LogP contribution is 2.26. The Labute approximate surface area is 126 Å². The first kappa shape index (κ1) is 15.4. The van der Waals surface area contributed by atoms with Gasteiger partial charge in [0.25, 0.3) is 10.0 Å². The zero-order valence-electron chi connectivity index (χ0n) is 12.7. The molecule has 21 heavy (non-hydrogen) atoms. The van der Waals surface area contributed by atoms with Gasteiger partial charge in [0.1, 0.15) is 0 Å². The van der Waals surface area contributed by atoms with Crippen molar-refractivity contribution in [3.8, 4) is 0 Å². The van der Waals surface area contributed by atoms with E-state index in [2.05, 4.69) is 10.0 Å². The second kappa shape index (κ2) is 5.77. The summed E-state index contributed by atoms with van der Waals surface area (Å²) in [4.78, 5) is 0.335. The summed E-state index contributed by atoms with van der Waals surface area (Å²) in [5.74, 6) is 0. The lowest BCUT2D eigenvalue weighted by Crippen LogP contribution is -2.16. The standard InChI is InChI=1S/C16H20N2O2S/c1-11-5-7-14(8-6-11)18-21(19,20)16-12(2)9-15(17-4)10-13(16)3/h5-10,17-18H,1-4H3. The van der Waals surface area contributed by atoms with Gasteiger partial charge in [0.15, 0.2) is 0 Å². The van der Waals surface area contributed by atoms with Crippen LogP contribution in [0.4, 0.5) is 11.4 Å². The zero-order chi connectivity index (χ0) is 15.6. The monoisotopic (exact) mass is 304 g/mol. The molecule has 5 heteroatoms. The predicted molar refractivity (Wildman–Crippen MR) is 87.5 cm³/mol. The van der Waals surface area contributed by atoms with Crippen molar-refractivity contribution in [3.05, 3.63) is 53.1 Å². The quantitative estimate of drug-likeness (QED) is 0.909. The second-order valence-corrected chi connectivity index (χ2v) is 6.78. The summed E-state index contributed by atoms with van der Waals surface area (Å²) in [5.41, 5.74) is 4.00. The molecule has 2 aromatic carbocycles. The van der Waals surface area contributed by atoms with Crippen LogP contribution in [0.3, 0.4) is 0 Å². The maximum Gasteiger partial charge on any atom is 0.262 e. The van der Waals surface area contributed by atoms with Gasteiger partial charge in [-0.3, -0.25) is 4.72 Å². The lowest BCUT2D eigenvalue weighted by molar-refractivity contribution is 0.600. The lowest BCUT2D eigenvalue weighted by atomic mass is 10.1. The van der Waals surface area contributed by atoms with E-state index in [1.165, 1.54) is 0 Å². The molecule has 112 valence electrons. The molecule has 0 amide bonds. The minimum Gasteiger partial charge on any atom is -0.388 e. The van der Waals surface area contributed by atoms with Gasteiger partial charge in [-0.1, -0.05) is 17.7 Å². The van der Waals surface area contributed by atoms with Crippen molar-refractivity contribution in [2.75, 3.05) is 17.1 Å². The second-order valence-electron chi connectivity index (χ2n) is 5.16.